The first-order valence-electron chi connectivity index (χ1n) is 11.2. The molecule has 0 saturated carbocycles. The molecule has 0 radical (unpaired) electrons. The van der Waals surface area contributed by atoms with Crippen molar-refractivity contribution in [2.75, 3.05) is 0 Å². The topological polar surface area (TPSA) is 71.0 Å². The number of benzene rings is 3. The van der Waals surface area contributed by atoms with Crippen molar-refractivity contribution in [1.29, 1.82) is 5.26 Å². The lowest BCUT2D eigenvalue weighted by molar-refractivity contribution is 0.103. The van der Waals surface area contributed by atoms with Crippen molar-refractivity contribution in [1.82, 2.24) is 14.6 Å². The lowest BCUT2D eigenvalue weighted by Gasteiger charge is -2.07. The van der Waals surface area contributed by atoms with Crippen LogP contribution in [-0.2, 0) is 0 Å². The van der Waals surface area contributed by atoms with Gasteiger partial charge in [0.2, 0.25) is 0 Å². The zero-order chi connectivity index (χ0) is 23.8. The first-order valence-corrected chi connectivity index (χ1v) is 11.2. The number of pyridine rings is 1. The second kappa shape index (κ2) is 8.36. The van der Waals surface area contributed by atoms with Gasteiger partial charge in [-0.3, -0.25) is 4.79 Å². The number of ketones is 1. The second-order valence-corrected chi connectivity index (χ2v) is 8.21. The number of nitrogens with zero attached hydrogens (tertiary/aromatic N) is 4. The van der Waals surface area contributed by atoms with E-state index in [-0.39, 0.29) is 5.78 Å². The zero-order valence-electron chi connectivity index (χ0n) is 18.6. The predicted molar refractivity (Wildman–Crippen MR) is 136 cm³/mol. The smallest absolute Gasteiger partial charge is 0.193 e. The van der Waals surface area contributed by atoms with Crippen molar-refractivity contribution < 1.29 is 4.79 Å². The van der Waals surface area contributed by atoms with Gasteiger partial charge >= 0.3 is 0 Å². The molecule has 0 atom stereocenters. The summed E-state index contributed by atoms with van der Waals surface area (Å²) in [5, 5.41) is 20.9. The number of hydrogen-bond donors (Lipinski definition) is 0. The number of aromatic nitrogens is 3. The third-order valence-electron chi connectivity index (χ3n) is 6.16. The molecule has 3 aromatic heterocycles. The summed E-state index contributed by atoms with van der Waals surface area (Å²) in [7, 11) is 0. The summed E-state index contributed by atoms with van der Waals surface area (Å²) in [6.45, 7) is 0. The summed E-state index contributed by atoms with van der Waals surface area (Å²) in [6, 6.07) is 34.7. The molecule has 6 aromatic rings. The van der Waals surface area contributed by atoms with Crippen LogP contribution in [0.4, 0.5) is 0 Å². The van der Waals surface area contributed by atoms with E-state index in [1.165, 1.54) is 0 Å². The highest BCUT2D eigenvalue weighted by atomic mass is 16.1. The van der Waals surface area contributed by atoms with E-state index < -0.39 is 0 Å². The van der Waals surface area contributed by atoms with Crippen molar-refractivity contribution in [3.63, 3.8) is 0 Å². The third-order valence-corrected chi connectivity index (χ3v) is 6.16. The Morgan fingerprint density at radius 3 is 1.80 bits per heavy atom. The Balaban J connectivity index is 1.72. The molecule has 0 spiro atoms. The van der Waals surface area contributed by atoms with Gasteiger partial charge in [0.15, 0.2) is 5.78 Å². The van der Waals surface area contributed by atoms with Crippen molar-refractivity contribution in [2.45, 2.75) is 0 Å². The Morgan fingerprint density at radius 1 is 0.686 bits per heavy atom. The maximum Gasteiger partial charge on any atom is 0.193 e. The lowest BCUT2D eigenvalue weighted by atomic mass is 10.00. The van der Waals surface area contributed by atoms with Gasteiger partial charge < -0.3 is 4.40 Å². The van der Waals surface area contributed by atoms with Gasteiger partial charge in [-0.15, -0.1) is 10.2 Å². The highest BCUT2D eigenvalue weighted by Crippen LogP contribution is 2.38. The number of carbonyl (C=O) groups excluding carboxylic acids is 1. The number of rotatable bonds is 4. The minimum Gasteiger partial charge on any atom is -0.307 e. The quantitative estimate of drug-likeness (QED) is 0.295. The maximum atomic E-state index is 13.2. The molecule has 3 aromatic carbocycles. The molecule has 5 nitrogen and oxygen atoms in total. The summed E-state index contributed by atoms with van der Waals surface area (Å²) in [6.07, 6.45) is 1.79. The van der Waals surface area contributed by atoms with Crippen molar-refractivity contribution in [3.05, 3.63) is 126 Å². The number of hydrogen-bond acceptors (Lipinski definition) is 4. The Labute approximate surface area is 201 Å². The number of fused-ring (bicyclic) bond motifs is 3. The van der Waals surface area contributed by atoms with Gasteiger partial charge in [0, 0.05) is 39.2 Å². The molecule has 0 fully saturated rings. The van der Waals surface area contributed by atoms with Crippen LogP contribution in [0.25, 0.3) is 38.8 Å². The van der Waals surface area contributed by atoms with E-state index >= 15 is 0 Å². The van der Waals surface area contributed by atoms with Crippen molar-refractivity contribution in [3.8, 4) is 28.6 Å². The molecule has 0 amide bonds. The number of carbonyl (C=O) groups is 1. The second-order valence-electron chi connectivity index (χ2n) is 8.21. The van der Waals surface area contributed by atoms with Crippen LogP contribution in [0.3, 0.4) is 0 Å². The monoisotopic (exact) mass is 450 g/mol. The van der Waals surface area contributed by atoms with E-state index in [0.717, 1.165) is 27.4 Å². The van der Waals surface area contributed by atoms with Gasteiger partial charge in [-0.1, -0.05) is 91.0 Å². The average molecular weight is 451 g/mol. The van der Waals surface area contributed by atoms with Gasteiger partial charge in [-0.25, -0.2) is 0 Å². The van der Waals surface area contributed by atoms with Gasteiger partial charge in [-0.05, 0) is 12.1 Å². The summed E-state index contributed by atoms with van der Waals surface area (Å²) in [4.78, 5) is 13.2. The first kappa shape index (κ1) is 20.5. The molecule has 3 heterocycles. The summed E-state index contributed by atoms with van der Waals surface area (Å²) in [5.74, 6) is -0.0764. The summed E-state index contributed by atoms with van der Waals surface area (Å²) >= 11 is 0. The Morgan fingerprint density at radius 2 is 1.23 bits per heavy atom. The van der Waals surface area contributed by atoms with Crippen LogP contribution in [0.2, 0.25) is 0 Å². The van der Waals surface area contributed by atoms with Crippen LogP contribution in [0.15, 0.2) is 109 Å². The summed E-state index contributed by atoms with van der Waals surface area (Å²) < 4.78 is 1.83. The fourth-order valence-corrected chi connectivity index (χ4v) is 4.53. The highest BCUT2D eigenvalue weighted by Gasteiger charge is 2.23. The molecule has 0 aliphatic rings. The van der Waals surface area contributed by atoms with E-state index in [0.29, 0.717) is 28.2 Å². The van der Waals surface area contributed by atoms with Crippen LogP contribution in [0, 0.1) is 11.3 Å². The molecule has 0 aliphatic heterocycles. The maximum absolute atomic E-state index is 13.2. The van der Waals surface area contributed by atoms with Crippen LogP contribution in [0.1, 0.15) is 21.6 Å². The Kier molecular flexibility index (Phi) is 4.90. The Hall–Kier alpha value is -5.08. The van der Waals surface area contributed by atoms with Crippen LogP contribution < -0.4 is 0 Å². The van der Waals surface area contributed by atoms with Gasteiger partial charge in [0.1, 0.15) is 23.2 Å². The molecule has 0 unspecified atom stereocenters. The van der Waals surface area contributed by atoms with E-state index in [9.17, 15) is 10.1 Å². The molecule has 35 heavy (non-hydrogen) atoms. The Bertz CT molecular complexity index is 1750. The minimum atomic E-state index is -0.0764. The molecule has 6 rings (SSSR count). The highest BCUT2D eigenvalue weighted by molar-refractivity contribution is 6.15. The molecule has 0 saturated heterocycles. The molecular formula is C30H18N4O. The molecule has 0 aliphatic carbocycles. The van der Waals surface area contributed by atoms with E-state index in [1.54, 1.807) is 24.4 Å². The van der Waals surface area contributed by atoms with E-state index in [1.807, 2.05) is 89.3 Å². The molecule has 5 heteroatoms. The summed E-state index contributed by atoms with van der Waals surface area (Å²) in [5.41, 5.74) is 5.42. The van der Waals surface area contributed by atoms with Gasteiger partial charge in [-0.2, -0.15) is 5.26 Å². The number of nitriles is 1. The van der Waals surface area contributed by atoms with Crippen LogP contribution >= 0.6 is 0 Å². The predicted octanol–water partition coefficient (Wildman–Crippen LogP) is 6.32. The van der Waals surface area contributed by atoms with Crippen LogP contribution in [-0.4, -0.2) is 20.4 Å². The van der Waals surface area contributed by atoms with Gasteiger partial charge in [0.25, 0.3) is 0 Å². The standard InChI is InChI=1S/C30H18N4O/c31-19-25-27-26(24-18-23(16-17-34(24)25)30(35)22-14-8-3-9-15-22)28(20-10-4-1-5-11-20)32-33-29(27)21-12-6-2-7-13-21/h1-18H. The SMILES string of the molecule is N#Cc1c2c(-c3ccccc3)nnc(-c3ccccc3)c2c2cc(C(=O)c3ccccc3)ccn12. The minimum absolute atomic E-state index is 0.0764. The van der Waals surface area contributed by atoms with E-state index in [4.69, 9.17) is 0 Å². The zero-order valence-corrected chi connectivity index (χ0v) is 18.6. The average Bonchev–Trinajstić information content (AvgIpc) is 3.27. The van der Waals surface area contributed by atoms with E-state index in [2.05, 4.69) is 16.3 Å². The van der Waals surface area contributed by atoms with Crippen molar-refractivity contribution >= 4 is 22.1 Å². The molecule has 164 valence electrons. The largest absolute Gasteiger partial charge is 0.307 e. The molecular weight excluding hydrogens is 432 g/mol. The molecule has 0 bridgehead atoms. The normalized spacial score (nSPS) is 10.9. The van der Waals surface area contributed by atoms with Gasteiger partial charge in [0.05, 0.1) is 5.52 Å². The van der Waals surface area contributed by atoms with Crippen molar-refractivity contribution in [2.24, 2.45) is 0 Å². The molecule has 0 N–H and O–H groups in total. The fourth-order valence-electron chi connectivity index (χ4n) is 4.53. The first-order chi connectivity index (χ1) is 17.3. The fraction of sp³-hybridized carbons (Fsp3) is 0. The van der Waals surface area contributed by atoms with Crippen LogP contribution in [0.5, 0.6) is 0 Å². The lowest BCUT2D eigenvalue weighted by Crippen LogP contribution is -2.02. The third kappa shape index (κ3) is 3.36.